The number of carbonyl (C=O) groups excluding carboxylic acids is 1. The first-order valence-electron chi connectivity index (χ1n) is 6.60. The molecule has 0 bridgehead atoms. The lowest BCUT2D eigenvalue weighted by Crippen LogP contribution is -2.37. The van der Waals surface area contributed by atoms with Crippen LogP contribution in [0.5, 0.6) is 0 Å². The van der Waals surface area contributed by atoms with E-state index in [1.54, 1.807) is 24.3 Å². The molecule has 0 radical (unpaired) electrons. The Bertz CT molecular complexity index is 485. The van der Waals surface area contributed by atoms with Crippen LogP contribution in [0.4, 0.5) is 5.69 Å². The quantitative estimate of drug-likeness (QED) is 0.880. The van der Waals surface area contributed by atoms with Gasteiger partial charge in [0.2, 0.25) is 5.91 Å². The molecule has 0 heterocycles. The molecule has 1 amide bonds. The van der Waals surface area contributed by atoms with Gasteiger partial charge >= 0.3 is 0 Å². The zero-order valence-corrected chi connectivity index (χ0v) is 11.4. The summed E-state index contributed by atoms with van der Waals surface area (Å²) in [5, 5.41) is 11.6. The molecular formula is C15H19N3O. The number of likely N-dealkylation sites (N-methyl/N-ethyl adjacent to an activating group) is 1. The van der Waals surface area contributed by atoms with Crippen molar-refractivity contribution in [1.29, 1.82) is 5.26 Å². The van der Waals surface area contributed by atoms with Crippen LogP contribution in [0.2, 0.25) is 0 Å². The number of benzene rings is 1. The van der Waals surface area contributed by atoms with E-state index in [1.165, 1.54) is 12.8 Å². The second-order valence-corrected chi connectivity index (χ2v) is 5.23. The Morgan fingerprint density at radius 3 is 2.63 bits per heavy atom. The van der Waals surface area contributed by atoms with Crippen LogP contribution < -0.4 is 5.32 Å². The average molecular weight is 257 g/mol. The maximum Gasteiger partial charge on any atom is 0.238 e. The third kappa shape index (κ3) is 3.80. The fourth-order valence-electron chi connectivity index (χ4n) is 2.14. The average Bonchev–Trinajstić information content (AvgIpc) is 3.22. The molecule has 1 N–H and O–H groups in total. The van der Waals surface area contributed by atoms with E-state index >= 15 is 0 Å². The van der Waals surface area contributed by atoms with Gasteiger partial charge in [0.25, 0.3) is 0 Å². The summed E-state index contributed by atoms with van der Waals surface area (Å²) in [7, 11) is 1.99. The highest BCUT2D eigenvalue weighted by molar-refractivity contribution is 5.92. The maximum atomic E-state index is 11.9. The smallest absolute Gasteiger partial charge is 0.238 e. The van der Waals surface area contributed by atoms with Gasteiger partial charge in [0.05, 0.1) is 18.2 Å². The lowest BCUT2D eigenvalue weighted by molar-refractivity contribution is -0.117. The van der Waals surface area contributed by atoms with Crippen LogP contribution in [0.1, 0.15) is 25.3 Å². The van der Waals surface area contributed by atoms with Gasteiger partial charge in [-0.3, -0.25) is 9.69 Å². The Kier molecular flexibility index (Phi) is 4.18. The fraction of sp³-hybridized carbons (Fsp3) is 0.467. The van der Waals surface area contributed by atoms with Gasteiger partial charge in [-0.25, -0.2) is 0 Å². The van der Waals surface area contributed by atoms with Crippen LogP contribution >= 0.6 is 0 Å². The van der Waals surface area contributed by atoms with E-state index in [0.717, 1.165) is 11.6 Å². The van der Waals surface area contributed by atoms with E-state index in [0.29, 0.717) is 18.2 Å². The lowest BCUT2D eigenvalue weighted by Gasteiger charge is -2.23. The van der Waals surface area contributed by atoms with Gasteiger partial charge in [-0.05, 0) is 57.0 Å². The Morgan fingerprint density at radius 2 is 2.11 bits per heavy atom. The molecule has 1 aromatic carbocycles. The van der Waals surface area contributed by atoms with Crippen LogP contribution in [0, 0.1) is 17.2 Å². The van der Waals surface area contributed by atoms with Crippen LogP contribution in [0.15, 0.2) is 24.3 Å². The normalized spacial score (nSPS) is 15.9. The molecule has 4 heteroatoms. The third-order valence-electron chi connectivity index (χ3n) is 3.69. The Balaban J connectivity index is 1.84. The number of nitriles is 1. The van der Waals surface area contributed by atoms with Gasteiger partial charge in [0, 0.05) is 11.7 Å². The first-order chi connectivity index (χ1) is 9.10. The van der Waals surface area contributed by atoms with E-state index in [1.807, 2.05) is 7.05 Å². The Morgan fingerprint density at radius 1 is 1.47 bits per heavy atom. The molecule has 19 heavy (non-hydrogen) atoms. The van der Waals surface area contributed by atoms with Crippen molar-refractivity contribution in [3.63, 3.8) is 0 Å². The molecule has 1 fully saturated rings. The molecule has 1 atom stereocenters. The van der Waals surface area contributed by atoms with Crippen LogP contribution in [-0.4, -0.2) is 30.4 Å². The standard InChI is InChI=1S/C15H19N3O/c1-11(13-5-6-13)18(2)10-15(19)17-14-7-3-12(9-16)4-8-14/h3-4,7-8,11,13H,5-6,10H2,1-2H3,(H,17,19). The summed E-state index contributed by atoms with van der Waals surface area (Å²) >= 11 is 0. The zero-order valence-electron chi connectivity index (χ0n) is 11.4. The highest BCUT2D eigenvalue weighted by Crippen LogP contribution is 2.34. The van der Waals surface area contributed by atoms with Crippen molar-refractivity contribution < 1.29 is 4.79 Å². The van der Waals surface area contributed by atoms with Crippen molar-refractivity contribution in [3.05, 3.63) is 29.8 Å². The van der Waals surface area contributed by atoms with Crippen molar-refractivity contribution in [2.24, 2.45) is 5.92 Å². The van der Waals surface area contributed by atoms with Crippen molar-refractivity contribution >= 4 is 11.6 Å². The third-order valence-corrected chi connectivity index (χ3v) is 3.69. The van der Waals surface area contributed by atoms with Gasteiger partial charge in [-0.1, -0.05) is 0 Å². The van der Waals surface area contributed by atoms with Crippen molar-refractivity contribution in [1.82, 2.24) is 4.90 Å². The first-order valence-corrected chi connectivity index (χ1v) is 6.60. The van der Waals surface area contributed by atoms with E-state index < -0.39 is 0 Å². The minimum Gasteiger partial charge on any atom is -0.325 e. The number of carbonyl (C=O) groups is 1. The minimum atomic E-state index is -0.0142. The largest absolute Gasteiger partial charge is 0.325 e. The van der Waals surface area contributed by atoms with Gasteiger partial charge in [-0.15, -0.1) is 0 Å². The van der Waals surface area contributed by atoms with Gasteiger partial charge in [-0.2, -0.15) is 5.26 Å². The van der Waals surface area contributed by atoms with Crippen molar-refractivity contribution in [2.45, 2.75) is 25.8 Å². The second-order valence-electron chi connectivity index (χ2n) is 5.23. The molecule has 100 valence electrons. The molecule has 1 aromatic rings. The summed E-state index contributed by atoms with van der Waals surface area (Å²) in [6, 6.07) is 9.42. The fourth-order valence-corrected chi connectivity index (χ4v) is 2.14. The number of hydrogen-bond acceptors (Lipinski definition) is 3. The molecule has 1 aliphatic rings. The molecule has 1 saturated carbocycles. The molecule has 0 aliphatic heterocycles. The predicted molar refractivity (Wildman–Crippen MR) is 74.6 cm³/mol. The summed E-state index contributed by atoms with van der Waals surface area (Å²) in [5.41, 5.74) is 1.33. The number of rotatable bonds is 5. The molecule has 0 spiro atoms. The van der Waals surface area contributed by atoms with Gasteiger partial charge in [0.1, 0.15) is 0 Å². The highest BCUT2D eigenvalue weighted by atomic mass is 16.2. The summed E-state index contributed by atoms with van der Waals surface area (Å²) in [6.07, 6.45) is 2.56. The molecule has 0 saturated heterocycles. The Labute approximate surface area is 114 Å². The summed E-state index contributed by atoms with van der Waals surface area (Å²) < 4.78 is 0. The van der Waals surface area contributed by atoms with E-state index in [4.69, 9.17) is 5.26 Å². The van der Waals surface area contributed by atoms with Crippen LogP contribution in [-0.2, 0) is 4.79 Å². The predicted octanol–water partition coefficient (Wildman–Crippen LogP) is 2.23. The number of hydrogen-bond donors (Lipinski definition) is 1. The number of anilines is 1. The summed E-state index contributed by atoms with van der Waals surface area (Å²) in [5.74, 6) is 0.743. The summed E-state index contributed by atoms with van der Waals surface area (Å²) in [6.45, 7) is 2.57. The second kappa shape index (κ2) is 5.85. The number of amides is 1. The van der Waals surface area contributed by atoms with Crippen LogP contribution in [0.25, 0.3) is 0 Å². The van der Waals surface area contributed by atoms with E-state index in [-0.39, 0.29) is 5.91 Å². The van der Waals surface area contributed by atoms with Gasteiger partial charge in [0.15, 0.2) is 0 Å². The zero-order chi connectivity index (χ0) is 13.8. The van der Waals surface area contributed by atoms with Crippen LogP contribution in [0.3, 0.4) is 0 Å². The number of nitrogens with zero attached hydrogens (tertiary/aromatic N) is 2. The molecule has 4 nitrogen and oxygen atoms in total. The topological polar surface area (TPSA) is 56.1 Å². The molecule has 1 unspecified atom stereocenters. The van der Waals surface area contributed by atoms with E-state index in [2.05, 4.69) is 23.2 Å². The molecular weight excluding hydrogens is 238 g/mol. The van der Waals surface area contributed by atoms with Gasteiger partial charge < -0.3 is 5.32 Å². The maximum absolute atomic E-state index is 11.9. The Hall–Kier alpha value is -1.86. The monoisotopic (exact) mass is 257 g/mol. The molecule has 2 rings (SSSR count). The highest BCUT2D eigenvalue weighted by Gasteiger charge is 2.30. The van der Waals surface area contributed by atoms with Crippen molar-refractivity contribution in [3.8, 4) is 6.07 Å². The van der Waals surface area contributed by atoms with E-state index in [9.17, 15) is 4.79 Å². The molecule has 0 aromatic heterocycles. The lowest BCUT2D eigenvalue weighted by atomic mass is 10.2. The molecule has 1 aliphatic carbocycles. The number of nitrogens with one attached hydrogen (secondary N) is 1. The van der Waals surface area contributed by atoms with Crippen molar-refractivity contribution in [2.75, 3.05) is 18.9 Å². The summed E-state index contributed by atoms with van der Waals surface area (Å²) in [4.78, 5) is 14.0. The minimum absolute atomic E-state index is 0.0142. The first kappa shape index (κ1) is 13.6. The SMILES string of the molecule is CC(C1CC1)N(C)CC(=O)Nc1ccc(C#N)cc1.